The van der Waals surface area contributed by atoms with Crippen LogP contribution in [-0.4, -0.2) is 16.7 Å². The molecule has 3 heteroatoms. The van der Waals surface area contributed by atoms with Crippen LogP contribution in [0.4, 0.5) is 0 Å². The van der Waals surface area contributed by atoms with Gasteiger partial charge in [0.15, 0.2) is 0 Å². The Labute approximate surface area is 77.4 Å². The molecule has 0 saturated heterocycles. The van der Waals surface area contributed by atoms with Crippen molar-refractivity contribution in [3.63, 3.8) is 0 Å². The Bertz CT molecular complexity index is 417. The molecule has 2 heterocycles. The molecule has 0 spiro atoms. The maximum Gasteiger partial charge on any atom is 0.0735 e. The third kappa shape index (κ3) is 1.31. The molecule has 0 atom stereocenters. The lowest BCUT2D eigenvalue weighted by Gasteiger charge is -2.00. The van der Waals surface area contributed by atoms with E-state index in [9.17, 15) is 0 Å². The van der Waals surface area contributed by atoms with E-state index in [0.29, 0.717) is 0 Å². The molecule has 13 heavy (non-hydrogen) atoms. The number of pyridine rings is 1. The average Bonchev–Trinajstić information content (AvgIpc) is 2.51. The summed E-state index contributed by atoms with van der Waals surface area (Å²) in [6.45, 7) is 2.98. The molecule has 0 amide bonds. The van der Waals surface area contributed by atoms with Crippen molar-refractivity contribution >= 4 is 5.52 Å². The summed E-state index contributed by atoms with van der Waals surface area (Å²) in [4.78, 5) is 0. The molecule has 0 aliphatic rings. The lowest BCUT2D eigenvalue weighted by atomic mass is 10.2. The van der Waals surface area contributed by atoms with Crippen molar-refractivity contribution in [3.8, 4) is 0 Å². The van der Waals surface area contributed by atoms with E-state index in [1.54, 1.807) is 0 Å². The molecule has 3 nitrogen and oxygen atoms in total. The zero-order valence-corrected chi connectivity index (χ0v) is 7.91. The van der Waals surface area contributed by atoms with Crippen LogP contribution in [0.3, 0.4) is 0 Å². The summed E-state index contributed by atoms with van der Waals surface area (Å²) in [6.07, 6.45) is 3.89. The molecule has 1 N–H and O–H groups in total. The summed E-state index contributed by atoms with van der Waals surface area (Å²) in [5.74, 6) is 0. The molecule has 2 rings (SSSR count). The highest BCUT2D eigenvalue weighted by Gasteiger charge is 2.04. The number of aryl methyl sites for hydroxylation is 1. The van der Waals surface area contributed by atoms with E-state index in [4.69, 9.17) is 0 Å². The normalized spacial score (nSPS) is 10.9. The molecule has 0 bridgehead atoms. The predicted octanol–water partition coefficient (Wildman–Crippen LogP) is 1.36. The third-order valence-electron chi connectivity index (χ3n) is 2.19. The maximum atomic E-state index is 4.27. The van der Waals surface area contributed by atoms with Crippen LogP contribution in [0.5, 0.6) is 0 Å². The first-order valence-corrected chi connectivity index (χ1v) is 4.39. The summed E-state index contributed by atoms with van der Waals surface area (Å²) < 4.78 is 1.92. The first kappa shape index (κ1) is 8.26. The van der Waals surface area contributed by atoms with Crippen molar-refractivity contribution in [1.29, 1.82) is 0 Å². The number of fused-ring (bicyclic) bond motifs is 1. The molecule has 2 aromatic rings. The van der Waals surface area contributed by atoms with Gasteiger partial charge in [0.2, 0.25) is 0 Å². The van der Waals surface area contributed by atoms with Gasteiger partial charge in [-0.15, -0.1) is 0 Å². The van der Waals surface area contributed by atoms with E-state index in [-0.39, 0.29) is 0 Å². The minimum atomic E-state index is 0.869. The van der Waals surface area contributed by atoms with Gasteiger partial charge in [-0.1, -0.05) is 6.07 Å². The zero-order valence-electron chi connectivity index (χ0n) is 7.91. The van der Waals surface area contributed by atoms with Gasteiger partial charge >= 0.3 is 0 Å². The predicted molar refractivity (Wildman–Crippen MR) is 52.7 cm³/mol. The smallest absolute Gasteiger partial charge is 0.0735 e. The molecule has 0 saturated carbocycles. The fraction of sp³-hybridized carbons (Fsp3) is 0.300. The van der Waals surface area contributed by atoms with E-state index < -0.39 is 0 Å². The summed E-state index contributed by atoms with van der Waals surface area (Å²) >= 11 is 0. The second kappa shape index (κ2) is 3.18. The molecular formula is C10H13N3. The first-order valence-electron chi connectivity index (χ1n) is 4.39. The molecule has 0 aliphatic heterocycles. The van der Waals surface area contributed by atoms with Gasteiger partial charge < -0.3 is 5.32 Å². The number of aromatic nitrogens is 2. The second-order valence-corrected chi connectivity index (χ2v) is 3.18. The van der Waals surface area contributed by atoms with Crippen LogP contribution in [0, 0.1) is 6.92 Å². The monoisotopic (exact) mass is 175 g/mol. The van der Waals surface area contributed by atoms with Crippen LogP contribution < -0.4 is 5.32 Å². The van der Waals surface area contributed by atoms with Gasteiger partial charge in [-0.2, -0.15) is 5.10 Å². The molecule has 0 aliphatic carbocycles. The Balaban J connectivity index is 2.64. The zero-order chi connectivity index (χ0) is 9.26. The van der Waals surface area contributed by atoms with Crippen molar-refractivity contribution in [2.45, 2.75) is 13.5 Å². The summed E-state index contributed by atoms with van der Waals surface area (Å²) in [6, 6.07) is 4.12. The van der Waals surface area contributed by atoms with E-state index in [1.807, 2.05) is 30.0 Å². The van der Waals surface area contributed by atoms with Crippen LogP contribution in [0.2, 0.25) is 0 Å². The van der Waals surface area contributed by atoms with Gasteiger partial charge in [-0.25, -0.2) is 4.52 Å². The van der Waals surface area contributed by atoms with Gasteiger partial charge in [0.1, 0.15) is 0 Å². The highest BCUT2D eigenvalue weighted by atomic mass is 15.2. The molecule has 0 fully saturated rings. The molecule has 0 radical (unpaired) electrons. The Morgan fingerprint density at radius 2 is 2.38 bits per heavy atom. The standard InChI is InChI=1S/C10H13N3/c1-8-4-3-5-13-10(8)9(6-11-2)7-12-13/h3-5,7,11H,6H2,1-2H3. The number of nitrogens with one attached hydrogen (secondary N) is 1. The quantitative estimate of drug-likeness (QED) is 0.746. The van der Waals surface area contributed by atoms with Crippen molar-refractivity contribution in [2.24, 2.45) is 0 Å². The minimum absolute atomic E-state index is 0.869. The molecule has 2 aromatic heterocycles. The topological polar surface area (TPSA) is 29.3 Å². The lowest BCUT2D eigenvalue weighted by molar-refractivity contribution is 0.823. The summed E-state index contributed by atoms with van der Waals surface area (Å²) in [5.41, 5.74) is 3.74. The Morgan fingerprint density at radius 3 is 3.15 bits per heavy atom. The minimum Gasteiger partial charge on any atom is -0.316 e. The van der Waals surface area contributed by atoms with Crippen LogP contribution in [0.1, 0.15) is 11.1 Å². The van der Waals surface area contributed by atoms with Crippen LogP contribution in [-0.2, 0) is 6.54 Å². The van der Waals surface area contributed by atoms with Crippen LogP contribution in [0.25, 0.3) is 5.52 Å². The van der Waals surface area contributed by atoms with E-state index in [2.05, 4.69) is 23.4 Å². The highest BCUT2D eigenvalue weighted by Crippen LogP contribution is 2.14. The summed E-state index contributed by atoms with van der Waals surface area (Å²) in [7, 11) is 1.95. The SMILES string of the molecule is CNCc1cnn2cccc(C)c12. The molecule has 0 unspecified atom stereocenters. The molecule has 68 valence electrons. The van der Waals surface area contributed by atoms with Gasteiger partial charge in [0, 0.05) is 18.3 Å². The lowest BCUT2D eigenvalue weighted by Crippen LogP contribution is -2.04. The Morgan fingerprint density at radius 1 is 1.54 bits per heavy atom. The first-order chi connectivity index (χ1) is 6.33. The average molecular weight is 175 g/mol. The van der Waals surface area contributed by atoms with Gasteiger partial charge in [-0.05, 0) is 25.6 Å². The second-order valence-electron chi connectivity index (χ2n) is 3.18. The van der Waals surface area contributed by atoms with Crippen molar-refractivity contribution in [1.82, 2.24) is 14.9 Å². The summed E-state index contributed by atoms with van der Waals surface area (Å²) in [5, 5.41) is 7.41. The molecular weight excluding hydrogens is 162 g/mol. The number of nitrogens with zero attached hydrogens (tertiary/aromatic N) is 2. The van der Waals surface area contributed by atoms with Crippen molar-refractivity contribution in [3.05, 3.63) is 35.7 Å². The Kier molecular flexibility index (Phi) is 2.02. The van der Waals surface area contributed by atoms with Gasteiger partial charge in [-0.3, -0.25) is 0 Å². The van der Waals surface area contributed by atoms with Gasteiger partial charge in [0.25, 0.3) is 0 Å². The number of hydrogen-bond donors (Lipinski definition) is 1. The van der Waals surface area contributed by atoms with Crippen molar-refractivity contribution < 1.29 is 0 Å². The van der Waals surface area contributed by atoms with Crippen molar-refractivity contribution in [2.75, 3.05) is 7.05 Å². The van der Waals surface area contributed by atoms with E-state index in [0.717, 1.165) is 6.54 Å². The fourth-order valence-electron chi connectivity index (χ4n) is 1.61. The van der Waals surface area contributed by atoms with E-state index in [1.165, 1.54) is 16.6 Å². The third-order valence-corrected chi connectivity index (χ3v) is 2.19. The Hall–Kier alpha value is -1.35. The number of rotatable bonds is 2. The van der Waals surface area contributed by atoms with Gasteiger partial charge in [0.05, 0.1) is 11.7 Å². The maximum absolute atomic E-state index is 4.27. The highest BCUT2D eigenvalue weighted by molar-refractivity contribution is 5.59. The molecule has 0 aromatic carbocycles. The largest absolute Gasteiger partial charge is 0.316 e. The number of hydrogen-bond acceptors (Lipinski definition) is 2. The van der Waals surface area contributed by atoms with E-state index >= 15 is 0 Å². The van der Waals surface area contributed by atoms with Crippen LogP contribution in [0.15, 0.2) is 24.5 Å². The van der Waals surface area contributed by atoms with Crippen LogP contribution >= 0.6 is 0 Å². The fourth-order valence-corrected chi connectivity index (χ4v) is 1.61.